The number of nitrogens with zero attached hydrogens (tertiary/aromatic N) is 2. The van der Waals surface area contributed by atoms with Gasteiger partial charge in [0.15, 0.2) is 5.69 Å². The van der Waals surface area contributed by atoms with Gasteiger partial charge >= 0.3 is 0 Å². The van der Waals surface area contributed by atoms with E-state index in [0.29, 0.717) is 43.9 Å². The van der Waals surface area contributed by atoms with Crippen LogP contribution in [0.4, 0.5) is 0 Å². The van der Waals surface area contributed by atoms with E-state index in [2.05, 4.69) is 15.8 Å². The van der Waals surface area contributed by atoms with E-state index in [1.54, 1.807) is 11.8 Å². The molecule has 154 valence electrons. The van der Waals surface area contributed by atoms with Gasteiger partial charge in [0.1, 0.15) is 11.8 Å². The van der Waals surface area contributed by atoms with E-state index in [1.165, 1.54) is 14.0 Å². The maximum atomic E-state index is 13.3. The van der Waals surface area contributed by atoms with Gasteiger partial charge in [-0.05, 0) is 19.8 Å². The van der Waals surface area contributed by atoms with Crippen LogP contribution in [0.2, 0.25) is 0 Å². The van der Waals surface area contributed by atoms with Crippen molar-refractivity contribution in [3.8, 4) is 0 Å². The summed E-state index contributed by atoms with van der Waals surface area (Å²) in [4.78, 5) is 39.2. The van der Waals surface area contributed by atoms with Gasteiger partial charge in [-0.3, -0.25) is 14.4 Å². The number of hydrogen-bond donors (Lipinski definition) is 2. The molecule has 3 amide bonds. The molecule has 3 heterocycles. The monoisotopic (exact) mass is 394 g/mol. The lowest BCUT2D eigenvalue weighted by Crippen LogP contribution is -2.57. The van der Waals surface area contributed by atoms with Gasteiger partial charge in [0.2, 0.25) is 11.8 Å². The highest BCUT2D eigenvalue weighted by atomic mass is 16.5. The van der Waals surface area contributed by atoms with Gasteiger partial charge in [-0.25, -0.2) is 0 Å². The third-order valence-electron chi connectivity index (χ3n) is 5.19. The summed E-state index contributed by atoms with van der Waals surface area (Å²) in [5, 5.41) is 9.58. The smallest absolute Gasteiger partial charge is 0.276 e. The minimum absolute atomic E-state index is 0.0468. The summed E-state index contributed by atoms with van der Waals surface area (Å²) in [5.41, 5.74) is 0.143. The molecule has 2 fully saturated rings. The summed E-state index contributed by atoms with van der Waals surface area (Å²) >= 11 is 0. The summed E-state index contributed by atoms with van der Waals surface area (Å²) in [6.45, 7) is 4.57. The number of nitrogens with one attached hydrogen (secondary N) is 2. The quantitative estimate of drug-likeness (QED) is 0.722. The lowest BCUT2D eigenvalue weighted by Gasteiger charge is -2.39. The molecule has 2 aliphatic rings. The van der Waals surface area contributed by atoms with Crippen molar-refractivity contribution in [3.63, 3.8) is 0 Å². The Labute approximate surface area is 162 Å². The SMILES string of the molecule is COCc1c(C(=O)N2CC(NC(C)=O)C(=O)NC3(CCOCC3)C2)noc1C. The fourth-order valence-electron chi connectivity index (χ4n) is 3.70. The Morgan fingerprint density at radius 1 is 1.39 bits per heavy atom. The Morgan fingerprint density at radius 3 is 2.75 bits per heavy atom. The molecule has 1 aromatic rings. The van der Waals surface area contributed by atoms with Crippen molar-refractivity contribution in [3.05, 3.63) is 17.0 Å². The van der Waals surface area contributed by atoms with Crippen LogP contribution in [-0.4, -0.2) is 72.8 Å². The average Bonchev–Trinajstić information content (AvgIpc) is 2.95. The van der Waals surface area contributed by atoms with Gasteiger partial charge in [0.25, 0.3) is 5.91 Å². The standard InChI is InChI=1S/C18H26N4O6/c1-11-13(9-26-3)15(21-28-11)17(25)22-8-14(19-12(2)23)16(24)20-18(10-22)4-6-27-7-5-18/h14H,4-10H2,1-3H3,(H,19,23)(H,20,24). The molecule has 0 aromatic carbocycles. The number of aromatic nitrogens is 1. The van der Waals surface area contributed by atoms with Crippen LogP contribution in [0.15, 0.2) is 4.52 Å². The maximum Gasteiger partial charge on any atom is 0.276 e. The topological polar surface area (TPSA) is 123 Å². The first kappa shape index (κ1) is 20.3. The highest BCUT2D eigenvalue weighted by Gasteiger charge is 2.43. The molecule has 0 radical (unpaired) electrons. The molecule has 0 bridgehead atoms. The summed E-state index contributed by atoms with van der Waals surface area (Å²) in [6, 6.07) is -0.845. The Bertz CT molecular complexity index is 755. The Balaban J connectivity index is 1.92. The van der Waals surface area contributed by atoms with Crippen LogP contribution < -0.4 is 10.6 Å². The molecule has 10 heteroatoms. The summed E-state index contributed by atoms with van der Waals surface area (Å²) in [7, 11) is 1.53. The molecule has 28 heavy (non-hydrogen) atoms. The molecule has 2 N–H and O–H groups in total. The van der Waals surface area contributed by atoms with Gasteiger partial charge in [0.05, 0.1) is 24.3 Å². The van der Waals surface area contributed by atoms with Crippen LogP contribution in [-0.2, 0) is 25.7 Å². The van der Waals surface area contributed by atoms with E-state index in [4.69, 9.17) is 14.0 Å². The predicted octanol–water partition coefficient (Wildman–Crippen LogP) is -0.245. The second-order valence-corrected chi connectivity index (χ2v) is 7.32. The second-order valence-electron chi connectivity index (χ2n) is 7.32. The number of amides is 3. The second kappa shape index (κ2) is 8.27. The van der Waals surface area contributed by atoms with Crippen LogP contribution in [0.25, 0.3) is 0 Å². The lowest BCUT2D eigenvalue weighted by atomic mass is 9.89. The first-order chi connectivity index (χ1) is 13.3. The van der Waals surface area contributed by atoms with Gasteiger partial charge in [-0.1, -0.05) is 5.16 Å². The number of ether oxygens (including phenoxy) is 2. The fourth-order valence-corrected chi connectivity index (χ4v) is 3.70. The highest BCUT2D eigenvalue weighted by molar-refractivity contribution is 5.95. The lowest BCUT2D eigenvalue weighted by molar-refractivity contribution is -0.129. The molecule has 3 rings (SSSR count). The zero-order valence-corrected chi connectivity index (χ0v) is 16.4. The van der Waals surface area contributed by atoms with Crippen molar-refractivity contribution in [2.75, 3.05) is 33.4 Å². The van der Waals surface area contributed by atoms with Crippen LogP contribution in [0.5, 0.6) is 0 Å². The molecular formula is C18H26N4O6. The van der Waals surface area contributed by atoms with Crippen LogP contribution in [0.3, 0.4) is 0 Å². The fraction of sp³-hybridized carbons (Fsp3) is 0.667. The summed E-state index contributed by atoms with van der Waals surface area (Å²) in [6.07, 6.45) is 1.16. The summed E-state index contributed by atoms with van der Waals surface area (Å²) in [5.74, 6) is -0.497. The van der Waals surface area contributed by atoms with Crippen molar-refractivity contribution in [1.29, 1.82) is 0 Å². The minimum atomic E-state index is -0.845. The van der Waals surface area contributed by atoms with Crippen LogP contribution in [0, 0.1) is 6.92 Å². The van der Waals surface area contributed by atoms with E-state index in [1.807, 2.05) is 0 Å². The van der Waals surface area contributed by atoms with Crippen LogP contribution in [0.1, 0.15) is 41.6 Å². The molecule has 2 saturated heterocycles. The first-order valence-electron chi connectivity index (χ1n) is 9.25. The average molecular weight is 394 g/mol. The maximum absolute atomic E-state index is 13.3. The van der Waals surface area contributed by atoms with Gasteiger partial charge in [-0.2, -0.15) is 0 Å². The molecule has 1 aromatic heterocycles. The Morgan fingerprint density at radius 2 is 2.11 bits per heavy atom. The van der Waals surface area contributed by atoms with Crippen molar-refractivity contribution in [2.45, 2.75) is 44.9 Å². The first-order valence-corrected chi connectivity index (χ1v) is 9.25. The number of carbonyl (C=O) groups excluding carboxylic acids is 3. The molecular weight excluding hydrogens is 368 g/mol. The molecule has 1 unspecified atom stereocenters. The molecule has 1 atom stereocenters. The van der Waals surface area contributed by atoms with E-state index in [-0.39, 0.29) is 36.6 Å². The van der Waals surface area contributed by atoms with Crippen molar-refractivity contribution in [2.24, 2.45) is 0 Å². The van der Waals surface area contributed by atoms with Crippen LogP contribution >= 0.6 is 0 Å². The van der Waals surface area contributed by atoms with E-state index < -0.39 is 11.6 Å². The predicted molar refractivity (Wildman–Crippen MR) is 96.4 cm³/mol. The highest BCUT2D eigenvalue weighted by Crippen LogP contribution is 2.26. The third-order valence-corrected chi connectivity index (χ3v) is 5.19. The largest absolute Gasteiger partial charge is 0.381 e. The summed E-state index contributed by atoms with van der Waals surface area (Å²) < 4.78 is 15.8. The molecule has 2 aliphatic heterocycles. The minimum Gasteiger partial charge on any atom is -0.381 e. The number of aryl methyl sites for hydroxylation is 1. The third kappa shape index (κ3) is 4.17. The number of carbonyl (C=O) groups is 3. The Hall–Kier alpha value is -2.46. The zero-order chi connectivity index (χ0) is 20.3. The Kier molecular flexibility index (Phi) is 5.99. The van der Waals surface area contributed by atoms with Gasteiger partial charge in [-0.15, -0.1) is 0 Å². The number of methoxy groups -OCH3 is 1. The molecule has 10 nitrogen and oxygen atoms in total. The van der Waals surface area contributed by atoms with Crippen molar-refractivity contribution >= 4 is 17.7 Å². The van der Waals surface area contributed by atoms with E-state index in [9.17, 15) is 14.4 Å². The normalized spacial score (nSPS) is 21.9. The number of rotatable bonds is 4. The molecule has 0 aliphatic carbocycles. The van der Waals surface area contributed by atoms with E-state index in [0.717, 1.165) is 0 Å². The molecule has 1 spiro atoms. The van der Waals surface area contributed by atoms with Crippen molar-refractivity contribution < 1.29 is 28.4 Å². The van der Waals surface area contributed by atoms with Gasteiger partial charge in [0, 0.05) is 33.8 Å². The van der Waals surface area contributed by atoms with Gasteiger partial charge < -0.3 is 29.5 Å². The van der Waals surface area contributed by atoms with E-state index >= 15 is 0 Å². The zero-order valence-electron chi connectivity index (χ0n) is 16.4. The number of hydrogen-bond acceptors (Lipinski definition) is 7. The van der Waals surface area contributed by atoms with Crippen molar-refractivity contribution in [1.82, 2.24) is 20.7 Å². The molecule has 0 saturated carbocycles.